The van der Waals surface area contributed by atoms with Gasteiger partial charge in [-0.2, -0.15) is 5.10 Å². The van der Waals surface area contributed by atoms with Crippen molar-refractivity contribution < 1.29 is 18.7 Å². The average Bonchev–Trinajstić information content (AvgIpc) is 2.77. The lowest BCUT2D eigenvalue weighted by Gasteiger charge is -2.10. The van der Waals surface area contributed by atoms with Crippen molar-refractivity contribution in [1.82, 2.24) is 10.7 Å². The van der Waals surface area contributed by atoms with Gasteiger partial charge in [0.25, 0.3) is 11.8 Å². The maximum absolute atomic E-state index is 13.2. The fourth-order valence-corrected chi connectivity index (χ4v) is 2.97. The summed E-state index contributed by atoms with van der Waals surface area (Å²) in [5.41, 5.74) is 4.16. The fourth-order valence-electron chi connectivity index (χ4n) is 2.59. The van der Waals surface area contributed by atoms with E-state index in [2.05, 4.69) is 31.8 Å². The number of nitrogens with one attached hydrogen (secondary N) is 2. The summed E-state index contributed by atoms with van der Waals surface area (Å²) in [5.74, 6) is -1.00. The van der Waals surface area contributed by atoms with E-state index < -0.39 is 17.6 Å². The highest BCUT2D eigenvalue weighted by Crippen LogP contribution is 2.22. The largest absolute Gasteiger partial charge is 0.488 e. The number of rotatable bonds is 8. The highest BCUT2D eigenvalue weighted by molar-refractivity contribution is 9.10. The second-order valence-electron chi connectivity index (χ2n) is 6.44. The average molecular weight is 484 g/mol. The molecule has 0 aliphatic heterocycles. The van der Waals surface area contributed by atoms with Crippen molar-refractivity contribution in [1.29, 1.82) is 0 Å². The zero-order valence-corrected chi connectivity index (χ0v) is 17.9. The van der Waals surface area contributed by atoms with E-state index in [0.717, 1.165) is 16.1 Å². The van der Waals surface area contributed by atoms with E-state index in [9.17, 15) is 14.0 Å². The highest BCUT2D eigenvalue weighted by Gasteiger charge is 2.08. The van der Waals surface area contributed by atoms with Gasteiger partial charge in [0, 0.05) is 15.6 Å². The number of hydrogen-bond acceptors (Lipinski definition) is 4. The van der Waals surface area contributed by atoms with Crippen molar-refractivity contribution in [3.8, 4) is 5.75 Å². The summed E-state index contributed by atoms with van der Waals surface area (Å²) < 4.78 is 19.9. The Kier molecular flexibility index (Phi) is 7.89. The van der Waals surface area contributed by atoms with Crippen LogP contribution in [0, 0.1) is 5.82 Å². The Morgan fingerprint density at radius 3 is 2.61 bits per heavy atom. The molecule has 8 heteroatoms. The monoisotopic (exact) mass is 483 g/mol. The third kappa shape index (κ3) is 7.04. The molecule has 2 amide bonds. The van der Waals surface area contributed by atoms with Crippen LogP contribution in [0.25, 0.3) is 0 Å². The Balaban J connectivity index is 1.54. The Morgan fingerprint density at radius 1 is 1.03 bits per heavy atom. The first-order valence-corrected chi connectivity index (χ1v) is 10.1. The quantitative estimate of drug-likeness (QED) is 0.374. The molecule has 0 fully saturated rings. The number of benzene rings is 3. The maximum Gasteiger partial charge on any atom is 0.259 e. The third-order valence-electron chi connectivity index (χ3n) is 4.10. The molecule has 3 aromatic rings. The first-order valence-electron chi connectivity index (χ1n) is 9.33. The molecule has 0 atom stereocenters. The smallest absolute Gasteiger partial charge is 0.259 e. The number of carbonyl (C=O) groups excluding carboxylic acids is 2. The molecular formula is C23H19BrFN3O3. The Labute approximate surface area is 187 Å². The van der Waals surface area contributed by atoms with Gasteiger partial charge in [0.2, 0.25) is 0 Å². The van der Waals surface area contributed by atoms with Gasteiger partial charge in [-0.15, -0.1) is 0 Å². The SMILES string of the molecule is O=C(CNC(=O)c1cccc(F)c1)N/N=C/c1cc(Br)ccc1OCc1ccccc1. The Morgan fingerprint density at radius 2 is 1.84 bits per heavy atom. The van der Waals surface area contributed by atoms with Crippen LogP contribution in [0.5, 0.6) is 5.75 Å². The number of nitrogens with zero attached hydrogens (tertiary/aromatic N) is 1. The van der Waals surface area contributed by atoms with E-state index in [-0.39, 0.29) is 12.1 Å². The molecule has 0 heterocycles. The lowest BCUT2D eigenvalue weighted by Crippen LogP contribution is -2.34. The van der Waals surface area contributed by atoms with Crippen molar-refractivity contribution >= 4 is 34.0 Å². The molecule has 0 aromatic heterocycles. The van der Waals surface area contributed by atoms with Crippen LogP contribution in [0.3, 0.4) is 0 Å². The summed E-state index contributed by atoms with van der Waals surface area (Å²) in [5, 5.41) is 6.34. The molecule has 0 saturated carbocycles. The van der Waals surface area contributed by atoms with E-state index in [0.29, 0.717) is 17.9 Å². The summed E-state index contributed by atoms with van der Waals surface area (Å²) in [7, 11) is 0. The van der Waals surface area contributed by atoms with Crippen LogP contribution >= 0.6 is 15.9 Å². The van der Waals surface area contributed by atoms with Crippen LogP contribution in [-0.4, -0.2) is 24.6 Å². The zero-order valence-electron chi connectivity index (χ0n) is 16.3. The predicted molar refractivity (Wildman–Crippen MR) is 119 cm³/mol. The lowest BCUT2D eigenvalue weighted by molar-refractivity contribution is -0.120. The number of hydrazone groups is 1. The van der Waals surface area contributed by atoms with Gasteiger partial charge in [0.05, 0.1) is 12.8 Å². The van der Waals surface area contributed by atoms with Gasteiger partial charge in [-0.25, -0.2) is 9.82 Å². The number of amides is 2. The van der Waals surface area contributed by atoms with Crippen LogP contribution in [-0.2, 0) is 11.4 Å². The summed E-state index contributed by atoms with van der Waals surface area (Å²) in [6.45, 7) is 0.0876. The first kappa shape index (κ1) is 22.2. The predicted octanol–water partition coefficient (Wildman–Crippen LogP) is 4.05. The van der Waals surface area contributed by atoms with Crippen molar-refractivity contribution in [2.45, 2.75) is 6.61 Å². The number of hydrogen-bond donors (Lipinski definition) is 2. The zero-order chi connectivity index (χ0) is 22.1. The molecule has 0 spiro atoms. The minimum atomic E-state index is -0.554. The van der Waals surface area contributed by atoms with Crippen molar-refractivity contribution in [2.24, 2.45) is 5.10 Å². The van der Waals surface area contributed by atoms with Crippen LogP contribution < -0.4 is 15.5 Å². The van der Waals surface area contributed by atoms with E-state index in [1.54, 1.807) is 6.07 Å². The van der Waals surface area contributed by atoms with E-state index in [1.165, 1.54) is 24.4 Å². The maximum atomic E-state index is 13.2. The Hall–Kier alpha value is -3.52. The standard InChI is InChI=1S/C23H19BrFN3O3/c24-19-9-10-21(31-15-16-5-2-1-3-6-16)18(11-19)13-27-28-22(29)14-26-23(30)17-7-4-8-20(25)12-17/h1-13H,14-15H2,(H,26,30)(H,28,29)/b27-13+. The van der Waals surface area contributed by atoms with Gasteiger partial charge in [-0.1, -0.05) is 52.3 Å². The van der Waals surface area contributed by atoms with Crippen molar-refractivity contribution in [2.75, 3.05) is 6.54 Å². The fraction of sp³-hybridized carbons (Fsp3) is 0.0870. The second-order valence-corrected chi connectivity index (χ2v) is 7.36. The molecular weight excluding hydrogens is 465 g/mol. The summed E-state index contributed by atoms with van der Waals surface area (Å²) in [4.78, 5) is 23.9. The normalized spacial score (nSPS) is 10.6. The van der Waals surface area contributed by atoms with Gasteiger partial charge in [0.1, 0.15) is 18.2 Å². The van der Waals surface area contributed by atoms with E-state index in [1.807, 2.05) is 42.5 Å². The summed E-state index contributed by atoms with van der Waals surface area (Å²) >= 11 is 3.40. The second kappa shape index (κ2) is 11.0. The minimum Gasteiger partial charge on any atom is -0.488 e. The van der Waals surface area contributed by atoms with E-state index in [4.69, 9.17) is 4.74 Å². The number of carbonyl (C=O) groups is 2. The summed E-state index contributed by atoms with van der Waals surface area (Å²) in [6.07, 6.45) is 1.46. The van der Waals surface area contributed by atoms with Gasteiger partial charge < -0.3 is 10.1 Å². The minimum absolute atomic E-state index is 0.130. The highest BCUT2D eigenvalue weighted by atomic mass is 79.9. The molecule has 0 radical (unpaired) electrons. The topological polar surface area (TPSA) is 79.8 Å². The first-order chi connectivity index (χ1) is 15.0. The van der Waals surface area contributed by atoms with Gasteiger partial charge >= 0.3 is 0 Å². The molecule has 6 nitrogen and oxygen atoms in total. The molecule has 0 saturated heterocycles. The number of halogens is 2. The van der Waals surface area contributed by atoms with Crippen LogP contribution in [0.1, 0.15) is 21.5 Å². The van der Waals surface area contributed by atoms with Crippen LogP contribution in [0.2, 0.25) is 0 Å². The third-order valence-corrected chi connectivity index (χ3v) is 4.59. The molecule has 2 N–H and O–H groups in total. The van der Waals surface area contributed by atoms with Gasteiger partial charge in [-0.05, 0) is 42.0 Å². The van der Waals surface area contributed by atoms with Gasteiger partial charge in [-0.3, -0.25) is 9.59 Å². The molecule has 31 heavy (non-hydrogen) atoms. The van der Waals surface area contributed by atoms with Gasteiger partial charge in [0.15, 0.2) is 0 Å². The van der Waals surface area contributed by atoms with Crippen molar-refractivity contribution in [3.63, 3.8) is 0 Å². The summed E-state index contributed by atoms with van der Waals surface area (Å²) in [6, 6.07) is 20.4. The lowest BCUT2D eigenvalue weighted by atomic mass is 10.2. The molecule has 3 aromatic carbocycles. The molecule has 0 unspecified atom stereocenters. The molecule has 0 aliphatic rings. The van der Waals surface area contributed by atoms with E-state index >= 15 is 0 Å². The molecule has 0 bridgehead atoms. The molecule has 158 valence electrons. The van der Waals surface area contributed by atoms with Crippen LogP contribution in [0.15, 0.2) is 82.4 Å². The van der Waals surface area contributed by atoms with Crippen LogP contribution in [0.4, 0.5) is 4.39 Å². The molecule has 3 rings (SSSR count). The van der Waals surface area contributed by atoms with Crippen molar-refractivity contribution in [3.05, 3.63) is 99.8 Å². The number of ether oxygens (including phenoxy) is 1. The Bertz CT molecular complexity index is 1090. The molecule has 0 aliphatic carbocycles.